The highest BCUT2D eigenvalue weighted by Gasteiger charge is 2.46. The number of rotatable bonds is 7. The van der Waals surface area contributed by atoms with Gasteiger partial charge in [-0.25, -0.2) is 13.2 Å². The second-order valence-corrected chi connectivity index (χ2v) is 10.3. The van der Waals surface area contributed by atoms with Crippen LogP contribution in [0.5, 0.6) is 0 Å². The van der Waals surface area contributed by atoms with Crippen molar-refractivity contribution in [2.75, 3.05) is 19.8 Å². The molecule has 1 saturated heterocycles. The molecule has 0 bridgehead atoms. The molecule has 0 N–H and O–H groups in total. The molecule has 1 atom stereocenters. The first-order valence-corrected chi connectivity index (χ1v) is 12.6. The summed E-state index contributed by atoms with van der Waals surface area (Å²) in [7, 11) is -3.69. The Balaban J connectivity index is 1.62. The van der Waals surface area contributed by atoms with Gasteiger partial charge in [0.1, 0.15) is 0 Å². The minimum Gasteiger partial charge on any atom is -0.463 e. The van der Waals surface area contributed by atoms with Crippen LogP contribution in [0.2, 0.25) is 0 Å². The summed E-state index contributed by atoms with van der Waals surface area (Å²) in [6.07, 6.45) is 2.79. The quantitative estimate of drug-likeness (QED) is 0.593. The molecule has 0 aromatic heterocycles. The van der Waals surface area contributed by atoms with E-state index in [1.165, 1.54) is 6.08 Å². The third kappa shape index (κ3) is 4.95. The third-order valence-electron chi connectivity index (χ3n) is 5.91. The van der Waals surface area contributed by atoms with E-state index in [1.54, 1.807) is 6.92 Å². The summed E-state index contributed by atoms with van der Waals surface area (Å²) in [5.74, 6) is -1.80. The van der Waals surface area contributed by atoms with Gasteiger partial charge in [-0.1, -0.05) is 54.6 Å². The molecule has 4 rings (SSSR count). The van der Waals surface area contributed by atoms with Crippen LogP contribution in [0.4, 0.5) is 0 Å². The fraction of sp³-hybridized carbons (Fsp3) is 0.400. The molecule has 1 aliphatic carbocycles. The Morgan fingerprint density at radius 1 is 1.03 bits per heavy atom. The molecular weight excluding hydrogens is 428 g/mol. The van der Waals surface area contributed by atoms with Crippen LogP contribution in [0.3, 0.4) is 0 Å². The second-order valence-electron chi connectivity index (χ2n) is 8.09. The maximum atomic E-state index is 13.6. The number of carbonyl (C=O) groups is 1. The van der Waals surface area contributed by atoms with Crippen LogP contribution in [-0.2, 0) is 41.0 Å². The van der Waals surface area contributed by atoms with Gasteiger partial charge in [0.15, 0.2) is 15.6 Å². The minimum absolute atomic E-state index is 0.112. The SMILES string of the molecule is CCOC(=O)C1=CC2(CCC1S(=O)(=O)Cc1ccccc1Cc1ccccc1)OCCO2. The number of ether oxygens (including phenoxy) is 3. The normalized spacial score (nSPS) is 20.2. The summed E-state index contributed by atoms with van der Waals surface area (Å²) >= 11 is 0. The molecule has 6 nitrogen and oxygen atoms in total. The zero-order valence-electron chi connectivity index (χ0n) is 18.2. The molecule has 7 heteroatoms. The summed E-state index contributed by atoms with van der Waals surface area (Å²) in [5.41, 5.74) is 2.92. The maximum Gasteiger partial charge on any atom is 0.335 e. The van der Waals surface area contributed by atoms with Crippen molar-refractivity contribution < 1.29 is 27.4 Å². The molecule has 1 fully saturated rings. The van der Waals surface area contributed by atoms with Crippen LogP contribution >= 0.6 is 0 Å². The van der Waals surface area contributed by atoms with Crippen molar-refractivity contribution in [1.29, 1.82) is 0 Å². The Hall–Kier alpha value is -2.48. The van der Waals surface area contributed by atoms with Crippen molar-refractivity contribution in [2.24, 2.45) is 0 Å². The Kier molecular flexibility index (Phi) is 6.79. The van der Waals surface area contributed by atoms with Gasteiger partial charge in [-0.2, -0.15) is 0 Å². The first kappa shape index (κ1) is 22.7. The fourth-order valence-corrected chi connectivity index (χ4v) is 6.31. The van der Waals surface area contributed by atoms with E-state index in [-0.39, 0.29) is 24.4 Å². The predicted molar refractivity (Wildman–Crippen MR) is 121 cm³/mol. The van der Waals surface area contributed by atoms with Gasteiger partial charge in [0.25, 0.3) is 0 Å². The third-order valence-corrected chi connectivity index (χ3v) is 7.98. The topological polar surface area (TPSA) is 78.9 Å². The summed E-state index contributed by atoms with van der Waals surface area (Å²) in [4.78, 5) is 12.7. The Morgan fingerprint density at radius 2 is 1.69 bits per heavy atom. The van der Waals surface area contributed by atoms with Crippen molar-refractivity contribution in [3.63, 3.8) is 0 Å². The van der Waals surface area contributed by atoms with Gasteiger partial charge < -0.3 is 14.2 Å². The molecule has 1 spiro atoms. The predicted octanol–water partition coefficient (Wildman–Crippen LogP) is 3.59. The molecule has 2 aromatic carbocycles. The number of benzene rings is 2. The van der Waals surface area contributed by atoms with Crippen LogP contribution < -0.4 is 0 Å². The molecule has 2 aliphatic rings. The minimum atomic E-state index is -3.69. The van der Waals surface area contributed by atoms with Gasteiger partial charge in [-0.05, 0) is 42.5 Å². The lowest BCUT2D eigenvalue weighted by atomic mass is 9.94. The maximum absolute atomic E-state index is 13.6. The fourth-order valence-electron chi connectivity index (χ4n) is 4.37. The zero-order chi connectivity index (χ0) is 22.6. The first-order valence-electron chi connectivity index (χ1n) is 10.9. The van der Waals surface area contributed by atoms with Crippen molar-refractivity contribution in [3.8, 4) is 0 Å². The molecule has 1 aliphatic heterocycles. The van der Waals surface area contributed by atoms with E-state index in [2.05, 4.69) is 0 Å². The van der Waals surface area contributed by atoms with Crippen molar-refractivity contribution in [1.82, 2.24) is 0 Å². The molecule has 170 valence electrons. The Morgan fingerprint density at radius 3 is 2.38 bits per heavy atom. The summed E-state index contributed by atoms with van der Waals surface area (Å²) in [6, 6.07) is 17.5. The van der Waals surface area contributed by atoms with Gasteiger partial charge in [0.05, 0.1) is 36.4 Å². The van der Waals surface area contributed by atoms with E-state index in [0.29, 0.717) is 26.1 Å². The first-order chi connectivity index (χ1) is 15.4. The van der Waals surface area contributed by atoms with E-state index in [4.69, 9.17) is 14.2 Å². The lowest BCUT2D eigenvalue weighted by molar-refractivity contribution is -0.143. The summed E-state index contributed by atoms with van der Waals surface area (Å²) < 4.78 is 43.7. The highest BCUT2D eigenvalue weighted by molar-refractivity contribution is 7.91. The molecule has 32 heavy (non-hydrogen) atoms. The number of carbonyl (C=O) groups excluding carboxylic acids is 1. The van der Waals surface area contributed by atoms with Gasteiger partial charge in [0, 0.05) is 6.42 Å². The monoisotopic (exact) mass is 456 g/mol. The van der Waals surface area contributed by atoms with Crippen LogP contribution in [-0.4, -0.2) is 45.2 Å². The van der Waals surface area contributed by atoms with Gasteiger partial charge in [0.2, 0.25) is 0 Å². The van der Waals surface area contributed by atoms with E-state index < -0.39 is 26.8 Å². The molecular formula is C25H28O6S. The number of hydrogen-bond acceptors (Lipinski definition) is 6. The van der Waals surface area contributed by atoms with E-state index >= 15 is 0 Å². The highest BCUT2D eigenvalue weighted by Crippen LogP contribution is 2.38. The van der Waals surface area contributed by atoms with Crippen molar-refractivity contribution in [3.05, 3.63) is 82.9 Å². The van der Waals surface area contributed by atoms with Crippen LogP contribution in [0.25, 0.3) is 0 Å². The second kappa shape index (κ2) is 9.57. The van der Waals surface area contributed by atoms with Crippen molar-refractivity contribution in [2.45, 2.75) is 43.0 Å². The molecule has 0 amide bonds. The van der Waals surface area contributed by atoms with E-state index in [1.807, 2.05) is 54.6 Å². The largest absolute Gasteiger partial charge is 0.463 e. The lowest BCUT2D eigenvalue weighted by Gasteiger charge is -2.33. The molecule has 2 aromatic rings. The molecule has 1 unspecified atom stereocenters. The van der Waals surface area contributed by atoms with Gasteiger partial charge >= 0.3 is 5.97 Å². The van der Waals surface area contributed by atoms with Gasteiger partial charge in [-0.3, -0.25) is 0 Å². The Bertz CT molecular complexity index is 1080. The molecule has 0 radical (unpaired) electrons. The summed E-state index contributed by atoms with van der Waals surface area (Å²) in [6.45, 7) is 2.69. The van der Waals surface area contributed by atoms with Crippen LogP contribution in [0, 0.1) is 0 Å². The smallest absolute Gasteiger partial charge is 0.335 e. The Labute approximate surface area is 189 Å². The number of sulfone groups is 1. The zero-order valence-corrected chi connectivity index (χ0v) is 19.0. The highest BCUT2D eigenvalue weighted by atomic mass is 32.2. The standard InChI is InChI=1S/C25H28O6S/c1-2-29-24(26)22-17-25(30-14-15-31-25)13-12-23(22)32(27,28)18-21-11-7-6-10-20(21)16-19-8-4-3-5-9-19/h3-11,17,23H,2,12-16,18H2,1H3. The number of hydrogen-bond donors (Lipinski definition) is 0. The van der Waals surface area contributed by atoms with E-state index in [0.717, 1.165) is 16.7 Å². The van der Waals surface area contributed by atoms with E-state index in [9.17, 15) is 13.2 Å². The molecule has 1 heterocycles. The van der Waals surface area contributed by atoms with Crippen molar-refractivity contribution >= 4 is 15.8 Å². The van der Waals surface area contributed by atoms with Gasteiger partial charge in [-0.15, -0.1) is 0 Å². The summed E-state index contributed by atoms with van der Waals surface area (Å²) in [5, 5.41) is -0.954. The average Bonchev–Trinajstić information content (AvgIpc) is 3.23. The van der Waals surface area contributed by atoms with Crippen LogP contribution in [0.1, 0.15) is 36.5 Å². The number of esters is 1. The van der Waals surface area contributed by atoms with Crippen LogP contribution in [0.15, 0.2) is 66.2 Å². The lowest BCUT2D eigenvalue weighted by Crippen LogP contribution is -2.41. The average molecular weight is 457 g/mol. The molecule has 0 saturated carbocycles.